The lowest BCUT2D eigenvalue weighted by Gasteiger charge is -2.11. The van der Waals surface area contributed by atoms with Gasteiger partial charge in [-0.3, -0.25) is 19.3 Å². The number of nitrogens with one attached hydrogen (secondary N) is 1. The number of pyridine rings is 1. The van der Waals surface area contributed by atoms with Gasteiger partial charge in [-0.15, -0.1) is 0 Å². The molecule has 0 amide bonds. The van der Waals surface area contributed by atoms with Crippen LogP contribution in [0.15, 0.2) is 93.4 Å². The van der Waals surface area contributed by atoms with Crippen LogP contribution in [0, 0.1) is 17.0 Å². The minimum absolute atomic E-state index is 0.0203. The van der Waals surface area contributed by atoms with Crippen LogP contribution < -0.4 is 5.56 Å². The Morgan fingerprint density at radius 2 is 1.68 bits per heavy atom. The zero-order chi connectivity index (χ0) is 21.5. The topological polar surface area (TPSA) is 80.4 Å². The molecule has 31 heavy (non-hydrogen) atoms. The van der Waals surface area contributed by atoms with Crippen LogP contribution in [0.1, 0.15) is 5.56 Å². The van der Waals surface area contributed by atoms with Crippen molar-refractivity contribution in [3.05, 3.63) is 105 Å². The summed E-state index contributed by atoms with van der Waals surface area (Å²) in [6, 6.07) is 24.0. The van der Waals surface area contributed by atoms with E-state index in [9.17, 15) is 14.9 Å². The highest BCUT2D eigenvalue weighted by Crippen LogP contribution is 2.35. The van der Waals surface area contributed by atoms with Crippen molar-refractivity contribution in [3.8, 4) is 11.1 Å². The Kier molecular flexibility index (Phi) is 4.60. The predicted molar refractivity (Wildman–Crippen MR) is 123 cm³/mol. The summed E-state index contributed by atoms with van der Waals surface area (Å²) in [7, 11) is 0. The molecule has 3 aromatic carbocycles. The smallest absolute Gasteiger partial charge is 0.271 e. The van der Waals surface area contributed by atoms with Gasteiger partial charge in [-0.05, 0) is 42.8 Å². The molecular weight excluding hydrogens is 410 g/mol. The molecule has 0 bridgehead atoms. The van der Waals surface area contributed by atoms with Gasteiger partial charge >= 0.3 is 0 Å². The van der Waals surface area contributed by atoms with E-state index in [0.29, 0.717) is 4.90 Å². The maximum Gasteiger partial charge on any atom is 0.271 e. The minimum atomic E-state index is -0.431. The molecule has 0 fully saturated rings. The lowest BCUT2D eigenvalue weighted by atomic mass is 10.1. The number of aromatic amines is 1. The standard InChI is InChI=1S/C24H17N3O3S/c1-15-6-8-16(9-7-15)19-14-22-25-20-4-2-3-5-21(20)26(22)24(28)23(19)31-18-12-10-17(11-13-18)27(29)30/h2-14,25H,1H3. The largest absolute Gasteiger partial charge is 0.340 e. The number of aromatic nitrogens is 2. The van der Waals surface area contributed by atoms with Crippen molar-refractivity contribution in [1.29, 1.82) is 0 Å². The number of nitro benzene ring substituents is 1. The van der Waals surface area contributed by atoms with E-state index in [4.69, 9.17) is 0 Å². The number of benzene rings is 3. The summed E-state index contributed by atoms with van der Waals surface area (Å²) >= 11 is 1.32. The van der Waals surface area contributed by atoms with Gasteiger partial charge in [0.25, 0.3) is 11.2 Å². The summed E-state index contributed by atoms with van der Waals surface area (Å²) < 4.78 is 1.68. The fraction of sp³-hybridized carbons (Fsp3) is 0.0417. The molecule has 0 radical (unpaired) electrons. The second-order valence-corrected chi connectivity index (χ2v) is 8.36. The average Bonchev–Trinajstić information content (AvgIpc) is 3.15. The zero-order valence-corrected chi connectivity index (χ0v) is 17.3. The molecule has 2 aromatic heterocycles. The fourth-order valence-corrected chi connectivity index (χ4v) is 4.61. The molecular formula is C24H17N3O3S. The van der Waals surface area contributed by atoms with Crippen molar-refractivity contribution in [2.24, 2.45) is 0 Å². The minimum Gasteiger partial charge on any atom is -0.340 e. The number of H-pyrrole nitrogens is 1. The quantitative estimate of drug-likeness (QED) is 0.290. The van der Waals surface area contributed by atoms with Crippen molar-refractivity contribution < 1.29 is 4.92 Å². The number of hydrogen-bond acceptors (Lipinski definition) is 4. The first-order valence-electron chi connectivity index (χ1n) is 9.67. The fourth-order valence-electron chi connectivity index (χ4n) is 3.64. The summed E-state index contributed by atoms with van der Waals surface area (Å²) in [5, 5.41) is 11.0. The molecule has 0 atom stereocenters. The third-order valence-corrected chi connectivity index (χ3v) is 6.31. The van der Waals surface area contributed by atoms with Gasteiger partial charge in [0.05, 0.1) is 20.9 Å². The first-order chi connectivity index (χ1) is 15.0. The van der Waals surface area contributed by atoms with Crippen LogP contribution in [-0.2, 0) is 0 Å². The average molecular weight is 427 g/mol. The number of nitrogens with zero attached hydrogens (tertiary/aromatic N) is 2. The van der Waals surface area contributed by atoms with Crippen LogP contribution in [-0.4, -0.2) is 14.3 Å². The maximum atomic E-state index is 13.7. The molecule has 5 aromatic rings. The molecule has 0 saturated carbocycles. The third kappa shape index (κ3) is 3.39. The van der Waals surface area contributed by atoms with Crippen molar-refractivity contribution in [2.75, 3.05) is 0 Å². The number of aryl methyl sites for hydroxylation is 1. The van der Waals surface area contributed by atoms with Crippen molar-refractivity contribution in [2.45, 2.75) is 16.7 Å². The first-order valence-corrected chi connectivity index (χ1v) is 10.5. The van der Waals surface area contributed by atoms with E-state index in [1.54, 1.807) is 16.5 Å². The number of rotatable bonds is 4. The van der Waals surface area contributed by atoms with Crippen molar-refractivity contribution >= 4 is 34.1 Å². The second-order valence-electron chi connectivity index (χ2n) is 7.27. The van der Waals surface area contributed by atoms with Gasteiger partial charge < -0.3 is 4.98 Å². The Balaban J connectivity index is 1.75. The van der Waals surface area contributed by atoms with E-state index < -0.39 is 4.92 Å². The molecule has 2 heterocycles. The number of imidazole rings is 1. The number of non-ortho nitro benzene ring substituents is 1. The van der Waals surface area contributed by atoms with Gasteiger partial charge in [0.15, 0.2) is 0 Å². The van der Waals surface area contributed by atoms with Crippen molar-refractivity contribution in [3.63, 3.8) is 0 Å². The van der Waals surface area contributed by atoms with E-state index in [0.717, 1.165) is 38.3 Å². The highest BCUT2D eigenvalue weighted by Gasteiger charge is 2.17. The van der Waals surface area contributed by atoms with Crippen LogP contribution in [0.4, 0.5) is 5.69 Å². The van der Waals surface area contributed by atoms with Crippen LogP contribution >= 0.6 is 11.8 Å². The summed E-state index contributed by atoms with van der Waals surface area (Å²) in [4.78, 5) is 28.9. The van der Waals surface area contributed by atoms with Gasteiger partial charge in [-0.2, -0.15) is 0 Å². The Hall–Kier alpha value is -3.84. The highest BCUT2D eigenvalue weighted by molar-refractivity contribution is 7.99. The SMILES string of the molecule is Cc1ccc(-c2cc3[nH]c4ccccc4n3c(=O)c2Sc2ccc([N+](=O)[O-])cc2)cc1. The molecule has 152 valence electrons. The molecule has 6 nitrogen and oxygen atoms in total. The Morgan fingerprint density at radius 3 is 2.39 bits per heavy atom. The molecule has 0 spiro atoms. The highest BCUT2D eigenvalue weighted by atomic mass is 32.2. The Morgan fingerprint density at radius 1 is 0.968 bits per heavy atom. The van der Waals surface area contributed by atoms with Crippen LogP contribution in [0.5, 0.6) is 0 Å². The molecule has 1 N–H and O–H groups in total. The second kappa shape index (κ2) is 7.45. The summed E-state index contributed by atoms with van der Waals surface area (Å²) in [5.74, 6) is 0. The molecule has 0 aliphatic heterocycles. The van der Waals surface area contributed by atoms with Crippen LogP contribution in [0.3, 0.4) is 0 Å². The monoisotopic (exact) mass is 427 g/mol. The van der Waals surface area contributed by atoms with Gasteiger partial charge in [-0.25, -0.2) is 0 Å². The summed E-state index contributed by atoms with van der Waals surface area (Å²) in [5.41, 5.74) is 5.19. The molecule has 5 rings (SSSR count). The van der Waals surface area contributed by atoms with Gasteiger partial charge in [0, 0.05) is 22.6 Å². The Labute approximate surface area is 181 Å². The molecule has 7 heteroatoms. The molecule has 0 aliphatic carbocycles. The third-order valence-electron chi connectivity index (χ3n) is 5.20. The number of nitro groups is 1. The van der Waals surface area contributed by atoms with E-state index in [-0.39, 0.29) is 11.2 Å². The maximum absolute atomic E-state index is 13.7. The number of para-hydroxylation sites is 2. The van der Waals surface area contributed by atoms with E-state index in [1.165, 1.54) is 23.9 Å². The lowest BCUT2D eigenvalue weighted by molar-refractivity contribution is -0.384. The molecule has 0 unspecified atom stereocenters. The lowest BCUT2D eigenvalue weighted by Crippen LogP contribution is -2.15. The first kappa shape index (κ1) is 19.1. The summed E-state index contributed by atoms with van der Waals surface area (Å²) in [6.07, 6.45) is 0. The van der Waals surface area contributed by atoms with E-state index >= 15 is 0 Å². The molecule has 0 saturated heterocycles. The zero-order valence-electron chi connectivity index (χ0n) is 16.5. The van der Waals surface area contributed by atoms with E-state index in [2.05, 4.69) is 4.98 Å². The predicted octanol–water partition coefficient (Wildman–Crippen LogP) is 5.82. The number of fused-ring (bicyclic) bond motifs is 3. The van der Waals surface area contributed by atoms with Crippen LogP contribution in [0.25, 0.3) is 27.8 Å². The van der Waals surface area contributed by atoms with E-state index in [1.807, 2.05) is 61.5 Å². The van der Waals surface area contributed by atoms with Gasteiger partial charge in [0.2, 0.25) is 0 Å². The van der Waals surface area contributed by atoms with Crippen molar-refractivity contribution in [1.82, 2.24) is 9.38 Å². The number of hydrogen-bond donors (Lipinski definition) is 1. The van der Waals surface area contributed by atoms with Gasteiger partial charge in [0.1, 0.15) is 5.65 Å². The Bertz CT molecular complexity index is 1500. The summed E-state index contributed by atoms with van der Waals surface area (Å²) in [6.45, 7) is 2.02. The van der Waals surface area contributed by atoms with Gasteiger partial charge in [-0.1, -0.05) is 53.7 Å². The molecule has 0 aliphatic rings. The normalized spacial score (nSPS) is 11.3. The van der Waals surface area contributed by atoms with Crippen LogP contribution in [0.2, 0.25) is 0 Å².